The zero-order valence-electron chi connectivity index (χ0n) is 12.4. The first-order chi connectivity index (χ1) is 11.7. The van der Waals surface area contributed by atoms with Gasteiger partial charge in [0.1, 0.15) is 0 Å². The van der Waals surface area contributed by atoms with Crippen LogP contribution in [0.15, 0.2) is 54.6 Å². The summed E-state index contributed by atoms with van der Waals surface area (Å²) < 4.78 is 43.7. The molecule has 1 unspecified atom stereocenters. The summed E-state index contributed by atoms with van der Waals surface area (Å²) in [6, 6.07) is 10.4. The van der Waals surface area contributed by atoms with E-state index in [1.807, 2.05) is 0 Å². The van der Waals surface area contributed by atoms with Gasteiger partial charge in [-0.25, -0.2) is 4.79 Å². The van der Waals surface area contributed by atoms with E-state index < -0.39 is 29.0 Å². The quantitative estimate of drug-likeness (QED) is 0.355. The van der Waals surface area contributed by atoms with E-state index in [1.165, 1.54) is 30.3 Å². The Hall–Kier alpha value is -3.23. The Kier molecular flexibility index (Phi) is 5.16. The Morgan fingerprint density at radius 3 is 2.00 bits per heavy atom. The molecule has 2 aromatic carbocycles. The number of Topliss-reactive ketones (excluding diaryl/α,β-unsaturated/α-hetero) is 1. The third kappa shape index (κ3) is 4.40. The Morgan fingerprint density at radius 2 is 1.52 bits per heavy atom. The van der Waals surface area contributed by atoms with E-state index >= 15 is 0 Å². The van der Waals surface area contributed by atoms with Gasteiger partial charge in [-0.15, -0.1) is 0 Å². The average molecular weight is 353 g/mol. The van der Waals surface area contributed by atoms with Gasteiger partial charge >= 0.3 is 12.1 Å². The van der Waals surface area contributed by atoms with Crippen molar-refractivity contribution in [1.82, 2.24) is 0 Å². The maximum absolute atomic E-state index is 13.1. The molecule has 0 aliphatic carbocycles. The number of nitrogens with zero attached hydrogens (tertiary/aromatic N) is 1. The molecule has 1 atom stereocenters. The maximum atomic E-state index is 13.1. The number of hydrogen-bond acceptors (Lipinski definition) is 5. The summed E-state index contributed by atoms with van der Waals surface area (Å²) >= 11 is 0. The number of nitro groups is 1. The second kappa shape index (κ2) is 7.12. The second-order valence-electron chi connectivity index (χ2n) is 4.86. The Balaban J connectivity index is 2.24. The fraction of sp³-hybridized carbons (Fsp3) is 0.125. The van der Waals surface area contributed by atoms with Gasteiger partial charge in [-0.3, -0.25) is 14.9 Å². The SMILES string of the molecule is O=C(OC(C(=O)c1ccccc1)C(F)(F)F)c1ccc([N+](=O)[O-])cc1. The minimum Gasteiger partial charge on any atom is -0.441 e. The van der Waals surface area contributed by atoms with Crippen LogP contribution in [0, 0.1) is 10.1 Å². The number of rotatable bonds is 5. The van der Waals surface area contributed by atoms with Crippen molar-refractivity contribution in [2.24, 2.45) is 0 Å². The summed E-state index contributed by atoms with van der Waals surface area (Å²) in [4.78, 5) is 33.7. The second-order valence-corrected chi connectivity index (χ2v) is 4.86. The number of esters is 1. The summed E-state index contributed by atoms with van der Waals surface area (Å²) in [6.45, 7) is 0. The molecule has 2 rings (SSSR count). The van der Waals surface area contributed by atoms with Gasteiger partial charge in [0, 0.05) is 17.7 Å². The fourth-order valence-corrected chi connectivity index (χ4v) is 1.92. The molecular formula is C16H10F3NO5. The number of benzene rings is 2. The lowest BCUT2D eigenvalue weighted by Crippen LogP contribution is -2.40. The van der Waals surface area contributed by atoms with E-state index in [0.717, 1.165) is 24.3 Å². The molecule has 0 aliphatic rings. The molecule has 0 aromatic heterocycles. The van der Waals surface area contributed by atoms with Crippen LogP contribution in [0.25, 0.3) is 0 Å². The number of nitro benzene ring substituents is 1. The van der Waals surface area contributed by atoms with Gasteiger partial charge in [-0.2, -0.15) is 13.2 Å². The standard InChI is InChI=1S/C16H10F3NO5/c17-16(18,19)14(13(21)10-4-2-1-3-5-10)25-15(22)11-6-8-12(9-7-11)20(23)24/h1-9,14H. The molecule has 0 aliphatic heterocycles. The molecule has 6 nitrogen and oxygen atoms in total. The van der Waals surface area contributed by atoms with Crippen molar-refractivity contribution in [2.45, 2.75) is 12.3 Å². The highest BCUT2D eigenvalue weighted by atomic mass is 19.4. The van der Waals surface area contributed by atoms with Crippen LogP contribution in [0.1, 0.15) is 20.7 Å². The van der Waals surface area contributed by atoms with E-state index in [0.29, 0.717) is 0 Å². The highest BCUT2D eigenvalue weighted by Crippen LogP contribution is 2.27. The molecule has 0 spiro atoms. The first-order valence-electron chi connectivity index (χ1n) is 6.81. The van der Waals surface area contributed by atoms with Crippen molar-refractivity contribution in [3.63, 3.8) is 0 Å². The number of carbonyl (C=O) groups is 2. The number of alkyl halides is 3. The lowest BCUT2D eigenvalue weighted by molar-refractivity contribution is -0.384. The van der Waals surface area contributed by atoms with Crippen molar-refractivity contribution < 1.29 is 32.4 Å². The third-order valence-corrected chi connectivity index (χ3v) is 3.13. The topological polar surface area (TPSA) is 86.5 Å². The molecule has 0 amide bonds. The van der Waals surface area contributed by atoms with Crippen molar-refractivity contribution in [3.05, 3.63) is 75.8 Å². The van der Waals surface area contributed by atoms with E-state index in [1.54, 1.807) is 0 Å². The van der Waals surface area contributed by atoms with Crippen molar-refractivity contribution >= 4 is 17.4 Å². The van der Waals surface area contributed by atoms with Crippen LogP contribution >= 0.6 is 0 Å². The van der Waals surface area contributed by atoms with E-state index in [2.05, 4.69) is 4.74 Å². The monoisotopic (exact) mass is 353 g/mol. The van der Waals surface area contributed by atoms with Crippen molar-refractivity contribution in [2.75, 3.05) is 0 Å². The smallest absolute Gasteiger partial charge is 0.433 e. The lowest BCUT2D eigenvalue weighted by Gasteiger charge is -2.19. The Bertz CT molecular complexity index is 788. The number of halogens is 3. The van der Waals surface area contributed by atoms with Crippen LogP contribution in [0.2, 0.25) is 0 Å². The normalized spacial score (nSPS) is 12.3. The summed E-state index contributed by atoms with van der Waals surface area (Å²) in [5.41, 5.74) is -0.952. The summed E-state index contributed by atoms with van der Waals surface area (Å²) in [7, 11) is 0. The molecule has 130 valence electrons. The highest BCUT2D eigenvalue weighted by molar-refractivity contribution is 6.02. The maximum Gasteiger partial charge on any atom is 0.433 e. The van der Waals surface area contributed by atoms with Gasteiger partial charge in [-0.05, 0) is 12.1 Å². The lowest BCUT2D eigenvalue weighted by atomic mass is 10.1. The van der Waals surface area contributed by atoms with Gasteiger partial charge in [0.05, 0.1) is 10.5 Å². The molecule has 0 N–H and O–H groups in total. The molecular weight excluding hydrogens is 343 g/mol. The zero-order chi connectivity index (χ0) is 18.6. The van der Waals surface area contributed by atoms with Crippen LogP contribution in [-0.2, 0) is 4.74 Å². The highest BCUT2D eigenvalue weighted by Gasteiger charge is 2.48. The van der Waals surface area contributed by atoms with E-state index in [9.17, 15) is 32.9 Å². The molecule has 0 saturated heterocycles. The predicted octanol–water partition coefficient (Wildman–Crippen LogP) is 3.57. The van der Waals surface area contributed by atoms with Crippen molar-refractivity contribution in [3.8, 4) is 0 Å². The van der Waals surface area contributed by atoms with Crippen LogP contribution in [0.5, 0.6) is 0 Å². The van der Waals surface area contributed by atoms with E-state index in [-0.39, 0.29) is 16.8 Å². The van der Waals surface area contributed by atoms with Crippen molar-refractivity contribution in [1.29, 1.82) is 0 Å². The average Bonchev–Trinajstić information content (AvgIpc) is 2.58. The minimum atomic E-state index is -5.11. The van der Waals surface area contributed by atoms with Crippen LogP contribution in [-0.4, -0.2) is 29.0 Å². The van der Waals surface area contributed by atoms with Crippen LogP contribution in [0.3, 0.4) is 0 Å². The molecule has 0 fully saturated rings. The number of ketones is 1. The van der Waals surface area contributed by atoms with Gasteiger partial charge < -0.3 is 4.74 Å². The van der Waals surface area contributed by atoms with E-state index in [4.69, 9.17) is 0 Å². The summed E-state index contributed by atoms with van der Waals surface area (Å²) in [6.07, 6.45) is -8.08. The fourth-order valence-electron chi connectivity index (χ4n) is 1.92. The summed E-state index contributed by atoms with van der Waals surface area (Å²) in [5, 5.41) is 10.5. The molecule has 0 bridgehead atoms. The number of non-ortho nitro benzene ring substituents is 1. The van der Waals surface area contributed by atoms with Crippen LogP contribution < -0.4 is 0 Å². The van der Waals surface area contributed by atoms with Crippen LogP contribution in [0.4, 0.5) is 18.9 Å². The Morgan fingerprint density at radius 1 is 0.960 bits per heavy atom. The Labute approximate surface area is 139 Å². The molecule has 2 aromatic rings. The number of hydrogen-bond donors (Lipinski definition) is 0. The zero-order valence-corrected chi connectivity index (χ0v) is 12.4. The summed E-state index contributed by atoms with van der Waals surface area (Å²) in [5.74, 6) is -2.83. The third-order valence-electron chi connectivity index (χ3n) is 3.13. The first kappa shape index (κ1) is 18.1. The van der Waals surface area contributed by atoms with Gasteiger partial charge in [0.25, 0.3) is 11.8 Å². The van der Waals surface area contributed by atoms with Gasteiger partial charge in [0.15, 0.2) is 0 Å². The molecule has 0 radical (unpaired) electrons. The first-order valence-corrected chi connectivity index (χ1v) is 6.81. The number of ether oxygens (including phenoxy) is 1. The predicted molar refractivity (Wildman–Crippen MR) is 79.1 cm³/mol. The molecule has 9 heteroatoms. The van der Waals surface area contributed by atoms with Gasteiger partial charge in [-0.1, -0.05) is 30.3 Å². The minimum absolute atomic E-state index is 0.263. The molecule has 25 heavy (non-hydrogen) atoms. The largest absolute Gasteiger partial charge is 0.441 e. The van der Waals surface area contributed by atoms with Gasteiger partial charge in [0.2, 0.25) is 5.78 Å². The number of carbonyl (C=O) groups excluding carboxylic acids is 2. The molecule has 0 saturated carbocycles. The molecule has 0 heterocycles.